The Balaban J connectivity index is 2.70. The van der Waals surface area contributed by atoms with Crippen molar-refractivity contribution in [3.8, 4) is 28.6 Å². The highest BCUT2D eigenvalue weighted by Gasteiger charge is 2.26. The number of ether oxygens (including phenoxy) is 2. The van der Waals surface area contributed by atoms with E-state index in [-0.39, 0.29) is 22.9 Å². The molecule has 8 heteroatoms. The summed E-state index contributed by atoms with van der Waals surface area (Å²) in [6.07, 6.45) is 1.55. The van der Waals surface area contributed by atoms with E-state index in [9.17, 15) is 14.7 Å². The second-order valence-corrected chi connectivity index (χ2v) is 4.45. The first kappa shape index (κ1) is 16.2. The second kappa shape index (κ2) is 6.73. The van der Waals surface area contributed by atoms with Crippen LogP contribution in [0.2, 0.25) is 0 Å². The van der Waals surface area contributed by atoms with Crippen LogP contribution in [0.15, 0.2) is 24.4 Å². The van der Waals surface area contributed by atoms with Gasteiger partial charge in [-0.25, -0.2) is 4.98 Å². The van der Waals surface area contributed by atoms with Crippen LogP contribution in [0, 0.1) is 0 Å². The van der Waals surface area contributed by atoms with Gasteiger partial charge in [-0.05, 0) is 12.1 Å². The molecule has 0 aromatic carbocycles. The van der Waals surface area contributed by atoms with Crippen LogP contribution in [0.5, 0.6) is 17.2 Å². The number of carbonyl (C=O) groups is 2. The predicted molar refractivity (Wildman–Crippen MR) is 80.4 cm³/mol. The molecule has 2 heterocycles. The molecule has 2 aromatic rings. The Morgan fingerprint density at radius 1 is 1.17 bits per heavy atom. The number of imide groups is 1. The highest BCUT2D eigenvalue weighted by molar-refractivity contribution is 6.05. The summed E-state index contributed by atoms with van der Waals surface area (Å²) < 4.78 is 10.3. The lowest BCUT2D eigenvalue weighted by Gasteiger charge is -2.15. The van der Waals surface area contributed by atoms with Crippen LogP contribution in [-0.2, 0) is 4.79 Å². The quantitative estimate of drug-likeness (QED) is 0.870. The molecule has 0 fully saturated rings. The van der Waals surface area contributed by atoms with Crippen LogP contribution < -0.4 is 14.8 Å². The Hall–Kier alpha value is -3.16. The third-order valence-corrected chi connectivity index (χ3v) is 2.90. The number of hydrogen-bond donors (Lipinski definition) is 2. The fraction of sp³-hybridized carbons (Fsp3) is 0.200. The van der Waals surface area contributed by atoms with Gasteiger partial charge in [-0.2, -0.15) is 0 Å². The summed E-state index contributed by atoms with van der Waals surface area (Å²) >= 11 is 0. The maximum absolute atomic E-state index is 12.1. The summed E-state index contributed by atoms with van der Waals surface area (Å²) in [6.45, 7) is 1.18. The molecule has 0 bridgehead atoms. The Morgan fingerprint density at radius 2 is 1.87 bits per heavy atom. The Morgan fingerprint density at radius 3 is 2.39 bits per heavy atom. The average molecular weight is 317 g/mol. The van der Waals surface area contributed by atoms with Crippen molar-refractivity contribution in [1.29, 1.82) is 0 Å². The van der Waals surface area contributed by atoms with Gasteiger partial charge in [0.2, 0.25) is 11.7 Å². The molecule has 0 saturated heterocycles. The molecular formula is C15H15N3O5. The SMILES string of the molecule is COc1c(-c2ccccn2)nc(C(=O)NC(C)=O)c(O)c1OC. The highest BCUT2D eigenvalue weighted by Crippen LogP contribution is 2.43. The number of amides is 2. The molecule has 0 radical (unpaired) electrons. The summed E-state index contributed by atoms with van der Waals surface area (Å²) in [6, 6.07) is 5.11. The monoisotopic (exact) mass is 317 g/mol. The Bertz CT molecular complexity index is 747. The lowest BCUT2D eigenvalue weighted by atomic mass is 10.1. The largest absolute Gasteiger partial charge is 0.503 e. The van der Waals surface area contributed by atoms with E-state index in [4.69, 9.17) is 9.47 Å². The number of hydrogen-bond acceptors (Lipinski definition) is 7. The first-order chi connectivity index (χ1) is 11.0. The fourth-order valence-electron chi connectivity index (χ4n) is 1.97. The van der Waals surface area contributed by atoms with Crippen molar-refractivity contribution in [2.75, 3.05) is 14.2 Å². The van der Waals surface area contributed by atoms with E-state index in [1.54, 1.807) is 24.4 Å². The molecule has 120 valence electrons. The average Bonchev–Trinajstić information content (AvgIpc) is 2.54. The number of pyridine rings is 2. The molecule has 0 saturated carbocycles. The van der Waals surface area contributed by atoms with Crippen molar-refractivity contribution in [1.82, 2.24) is 15.3 Å². The van der Waals surface area contributed by atoms with Crippen LogP contribution in [0.25, 0.3) is 11.4 Å². The van der Waals surface area contributed by atoms with Gasteiger partial charge in [0, 0.05) is 13.1 Å². The normalized spacial score (nSPS) is 10.0. The van der Waals surface area contributed by atoms with Crippen molar-refractivity contribution >= 4 is 11.8 Å². The molecule has 2 N–H and O–H groups in total. The van der Waals surface area contributed by atoms with Crippen LogP contribution >= 0.6 is 0 Å². The third-order valence-electron chi connectivity index (χ3n) is 2.90. The molecule has 0 aliphatic carbocycles. The Labute approximate surface area is 132 Å². The smallest absolute Gasteiger partial charge is 0.280 e. The highest BCUT2D eigenvalue weighted by atomic mass is 16.5. The van der Waals surface area contributed by atoms with Gasteiger partial charge in [0.1, 0.15) is 5.69 Å². The lowest BCUT2D eigenvalue weighted by molar-refractivity contribution is -0.118. The number of nitrogens with zero attached hydrogens (tertiary/aromatic N) is 2. The summed E-state index contributed by atoms with van der Waals surface area (Å²) in [5.41, 5.74) is 0.259. The van der Waals surface area contributed by atoms with E-state index >= 15 is 0 Å². The zero-order chi connectivity index (χ0) is 17.0. The van der Waals surface area contributed by atoms with E-state index < -0.39 is 17.6 Å². The summed E-state index contributed by atoms with van der Waals surface area (Å²) in [5, 5.41) is 12.2. The zero-order valence-corrected chi connectivity index (χ0v) is 12.8. The topological polar surface area (TPSA) is 111 Å². The van der Waals surface area contributed by atoms with Crippen molar-refractivity contribution in [2.45, 2.75) is 6.92 Å². The maximum Gasteiger partial charge on any atom is 0.280 e. The van der Waals surface area contributed by atoms with Crippen LogP contribution in [0.1, 0.15) is 17.4 Å². The molecule has 8 nitrogen and oxygen atoms in total. The maximum atomic E-state index is 12.1. The minimum atomic E-state index is -0.854. The number of aromatic nitrogens is 2. The van der Waals surface area contributed by atoms with Gasteiger partial charge in [0.15, 0.2) is 17.2 Å². The van der Waals surface area contributed by atoms with Crippen LogP contribution in [0.3, 0.4) is 0 Å². The molecule has 2 rings (SSSR count). The molecule has 0 aliphatic rings. The molecule has 0 spiro atoms. The van der Waals surface area contributed by atoms with E-state index in [0.717, 1.165) is 0 Å². The number of methoxy groups -OCH3 is 2. The first-order valence-electron chi connectivity index (χ1n) is 6.57. The van der Waals surface area contributed by atoms with Gasteiger partial charge in [-0.3, -0.25) is 19.9 Å². The van der Waals surface area contributed by atoms with Crippen molar-refractivity contribution < 1.29 is 24.2 Å². The van der Waals surface area contributed by atoms with Crippen molar-refractivity contribution in [2.24, 2.45) is 0 Å². The van der Waals surface area contributed by atoms with Crippen molar-refractivity contribution in [3.05, 3.63) is 30.1 Å². The molecule has 0 unspecified atom stereocenters. The minimum Gasteiger partial charge on any atom is -0.503 e. The minimum absolute atomic E-state index is 0.0724. The van der Waals surface area contributed by atoms with E-state index in [2.05, 4.69) is 15.3 Å². The Kier molecular flexibility index (Phi) is 4.75. The van der Waals surface area contributed by atoms with E-state index in [1.807, 2.05) is 0 Å². The molecule has 23 heavy (non-hydrogen) atoms. The second-order valence-electron chi connectivity index (χ2n) is 4.45. The van der Waals surface area contributed by atoms with Gasteiger partial charge in [0.05, 0.1) is 19.9 Å². The standard InChI is InChI=1S/C15H15N3O5/c1-8(19)17-15(21)11-12(20)14(23-3)13(22-2)10(18-11)9-6-4-5-7-16-9/h4-7,20H,1-3H3,(H,17,19,21). The van der Waals surface area contributed by atoms with Crippen LogP contribution in [0.4, 0.5) is 0 Å². The number of carbonyl (C=O) groups excluding carboxylic acids is 2. The van der Waals surface area contributed by atoms with E-state index in [0.29, 0.717) is 5.69 Å². The summed E-state index contributed by atoms with van der Waals surface area (Å²) in [4.78, 5) is 31.4. The predicted octanol–water partition coefficient (Wildman–Crippen LogP) is 1.14. The summed E-state index contributed by atoms with van der Waals surface area (Å²) in [7, 11) is 2.69. The summed E-state index contributed by atoms with van der Waals surface area (Å²) in [5.74, 6) is -1.90. The van der Waals surface area contributed by atoms with Gasteiger partial charge < -0.3 is 14.6 Å². The third kappa shape index (κ3) is 3.20. The van der Waals surface area contributed by atoms with Crippen LogP contribution in [-0.4, -0.2) is 41.1 Å². The molecule has 2 amide bonds. The zero-order valence-electron chi connectivity index (χ0n) is 12.8. The molecule has 0 aliphatic heterocycles. The van der Waals surface area contributed by atoms with Gasteiger partial charge in [0.25, 0.3) is 5.91 Å². The van der Waals surface area contributed by atoms with E-state index in [1.165, 1.54) is 21.1 Å². The number of rotatable bonds is 4. The van der Waals surface area contributed by atoms with Crippen molar-refractivity contribution in [3.63, 3.8) is 0 Å². The molecule has 0 atom stereocenters. The van der Waals surface area contributed by atoms with Gasteiger partial charge >= 0.3 is 0 Å². The fourth-order valence-corrected chi connectivity index (χ4v) is 1.97. The molecule has 2 aromatic heterocycles. The van der Waals surface area contributed by atoms with Gasteiger partial charge in [-0.1, -0.05) is 6.07 Å². The van der Waals surface area contributed by atoms with Gasteiger partial charge in [-0.15, -0.1) is 0 Å². The molecular weight excluding hydrogens is 302 g/mol. The number of nitrogens with one attached hydrogen (secondary N) is 1. The first-order valence-corrected chi connectivity index (χ1v) is 6.57. The number of aromatic hydroxyl groups is 1. The lowest BCUT2D eigenvalue weighted by Crippen LogP contribution is -2.29.